The van der Waals surface area contributed by atoms with Crippen molar-refractivity contribution in [1.29, 1.82) is 0 Å². The van der Waals surface area contributed by atoms with E-state index in [1.54, 1.807) is 12.1 Å². The molecule has 2 rings (SSSR count). The Hall–Kier alpha value is -1.94. The van der Waals surface area contributed by atoms with Crippen LogP contribution in [0.15, 0.2) is 30.3 Å². The van der Waals surface area contributed by atoms with Gasteiger partial charge in [-0.25, -0.2) is 9.37 Å². The van der Waals surface area contributed by atoms with Crippen molar-refractivity contribution in [2.75, 3.05) is 19.0 Å². The molecular formula is C17H22FN3. The topological polar surface area (TPSA) is 28.2 Å². The van der Waals surface area contributed by atoms with E-state index >= 15 is 0 Å². The maximum absolute atomic E-state index is 13.3. The molecule has 0 radical (unpaired) electrons. The summed E-state index contributed by atoms with van der Waals surface area (Å²) in [5.74, 6) is 0.746. The lowest BCUT2D eigenvalue weighted by Gasteiger charge is -2.23. The number of anilines is 1. The molecule has 0 aliphatic carbocycles. The average Bonchev–Trinajstić information content (AvgIpc) is 2.41. The third kappa shape index (κ3) is 3.79. The molecule has 3 nitrogen and oxygen atoms in total. The molecule has 4 heteroatoms. The summed E-state index contributed by atoms with van der Waals surface area (Å²) in [7, 11) is 3.92. The van der Waals surface area contributed by atoms with Crippen LogP contribution in [0.4, 0.5) is 10.2 Å². The van der Waals surface area contributed by atoms with E-state index in [0.717, 1.165) is 23.6 Å². The van der Waals surface area contributed by atoms with Gasteiger partial charge in [0, 0.05) is 31.4 Å². The Bertz CT molecular complexity index is 625. The number of hydrogen-bond acceptors (Lipinski definition) is 3. The highest BCUT2D eigenvalue weighted by Gasteiger charge is 2.13. The molecule has 0 atom stereocenters. The van der Waals surface area contributed by atoms with Crippen molar-refractivity contribution < 1.29 is 4.39 Å². The molecule has 0 spiro atoms. The van der Waals surface area contributed by atoms with Crippen molar-refractivity contribution in [2.45, 2.75) is 26.9 Å². The van der Waals surface area contributed by atoms with Crippen LogP contribution < -0.4 is 10.2 Å². The Morgan fingerprint density at radius 1 is 1.24 bits per heavy atom. The van der Waals surface area contributed by atoms with Crippen LogP contribution in [0.3, 0.4) is 0 Å². The lowest BCUT2D eigenvalue weighted by molar-refractivity contribution is 0.625. The molecule has 1 aromatic heterocycles. The predicted molar refractivity (Wildman–Crippen MR) is 85.0 cm³/mol. The molecule has 0 aliphatic heterocycles. The smallest absolute Gasteiger partial charge is 0.133 e. The zero-order valence-corrected chi connectivity index (χ0v) is 13.1. The van der Waals surface area contributed by atoms with Crippen molar-refractivity contribution in [3.05, 3.63) is 58.5 Å². The van der Waals surface area contributed by atoms with Gasteiger partial charge >= 0.3 is 0 Å². The molecule has 0 bridgehead atoms. The highest BCUT2D eigenvalue weighted by Crippen LogP contribution is 2.23. The third-order valence-corrected chi connectivity index (χ3v) is 3.48. The molecule has 1 N–H and O–H groups in total. The van der Waals surface area contributed by atoms with Gasteiger partial charge in [0.15, 0.2) is 0 Å². The van der Waals surface area contributed by atoms with Crippen LogP contribution in [0.5, 0.6) is 0 Å². The van der Waals surface area contributed by atoms with Crippen molar-refractivity contribution in [1.82, 2.24) is 10.3 Å². The summed E-state index contributed by atoms with van der Waals surface area (Å²) >= 11 is 0. The fraction of sp³-hybridized carbons (Fsp3) is 0.353. The van der Waals surface area contributed by atoms with Gasteiger partial charge in [-0.1, -0.05) is 12.1 Å². The van der Waals surface area contributed by atoms with Crippen LogP contribution in [0.25, 0.3) is 0 Å². The average molecular weight is 287 g/mol. The van der Waals surface area contributed by atoms with E-state index in [9.17, 15) is 4.39 Å². The van der Waals surface area contributed by atoms with Gasteiger partial charge in [0.05, 0.1) is 0 Å². The van der Waals surface area contributed by atoms with E-state index in [4.69, 9.17) is 0 Å². The van der Waals surface area contributed by atoms with E-state index in [1.807, 2.05) is 27.1 Å². The van der Waals surface area contributed by atoms with Crippen LogP contribution in [0.2, 0.25) is 0 Å². The second-order valence-electron chi connectivity index (χ2n) is 5.40. The molecule has 0 amide bonds. The van der Waals surface area contributed by atoms with Gasteiger partial charge in [0.1, 0.15) is 11.6 Å². The highest BCUT2D eigenvalue weighted by atomic mass is 19.1. The van der Waals surface area contributed by atoms with Gasteiger partial charge in [0.2, 0.25) is 0 Å². The number of pyridine rings is 1. The molecule has 0 saturated carbocycles. The molecule has 21 heavy (non-hydrogen) atoms. The van der Waals surface area contributed by atoms with E-state index in [-0.39, 0.29) is 5.82 Å². The van der Waals surface area contributed by atoms with Gasteiger partial charge < -0.3 is 10.2 Å². The summed E-state index contributed by atoms with van der Waals surface area (Å²) in [6, 6.07) is 8.79. The minimum atomic E-state index is -0.204. The summed E-state index contributed by atoms with van der Waals surface area (Å²) in [6.45, 7) is 5.49. The maximum atomic E-state index is 13.3. The Morgan fingerprint density at radius 3 is 2.67 bits per heavy atom. The van der Waals surface area contributed by atoms with Crippen molar-refractivity contribution in [2.24, 2.45) is 0 Å². The standard InChI is InChI=1S/C17H22FN3/c1-12-8-13(2)20-17(16(12)10-19-3)21(4)11-14-6-5-7-15(18)9-14/h5-9,19H,10-11H2,1-4H3. The SMILES string of the molecule is CNCc1c(C)cc(C)nc1N(C)Cc1cccc(F)c1. The summed E-state index contributed by atoms with van der Waals surface area (Å²) in [6.07, 6.45) is 0. The minimum absolute atomic E-state index is 0.204. The fourth-order valence-electron chi connectivity index (χ4n) is 2.54. The van der Waals surface area contributed by atoms with Crippen LogP contribution in [0.1, 0.15) is 22.4 Å². The summed E-state index contributed by atoms with van der Waals surface area (Å²) in [4.78, 5) is 6.73. The Kier molecular flexibility index (Phi) is 4.91. The molecule has 1 heterocycles. The first-order valence-electron chi connectivity index (χ1n) is 7.08. The number of benzene rings is 1. The maximum Gasteiger partial charge on any atom is 0.133 e. The third-order valence-electron chi connectivity index (χ3n) is 3.48. The van der Waals surface area contributed by atoms with E-state index in [1.165, 1.54) is 17.2 Å². The largest absolute Gasteiger partial charge is 0.355 e. The number of hydrogen-bond donors (Lipinski definition) is 1. The minimum Gasteiger partial charge on any atom is -0.355 e. The molecule has 2 aromatic rings. The van der Waals surface area contributed by atoms with E-state index in [0.29, 0.717) is 6.54 Å². The van der Waals surface area contributed by atoms with Crippen LogP contribution in [0, 0.1) is 19.7 Å². The van der Waals surface area contributed by atoms with Gasteiger partial charge in [-0.15, -0.1) is 0 Å². The monoisotopic (exact) mass is 287 g/mol. The molecular weight excluding hydrogens is 265 g/mol. The second kappa shape index (κ2) is 6.68. The number of halogens is 1. The zero-order valence-electron chi connectivity index (χ0n) is 13.1. The van der Waals surface area contributed by atoms with Gasteiger partial charge in [0.25, 0.3) is 0 Å². The van der Waals surface area contributed by atoms with Crippen molar-refractivity contribution in [3.8, 4) is 0 Å². The summed E-state index contributed by atoms with van der Waals surface area (Å²) in [5, 5.41) is 3.19. The number of aryl methyl sites for hydroxylation is 2. The number of rotatable bonds is 5. The Morgan fingerprint density at radius 2 is 2.00 bits per heavy atom. The van der Waals surface area contributed by atoms with Crippen LogP contribution in [-0.4, -0.2) is 19.1 Å². The van der Waals surface area contributed by atoms with Crippen LogP contribution >= 0.6 is 0 Å². The molecule has 1 aromatic carbocycles. The fourth-order valence-corrected chi connectivity index (χ4v) is 2.54. The quantitative estimate of drug-likeness (QED) is 0.915. The zero-order chi connectivity index (χ0) is 15.4. The highest BCUT2D eigenvalue weighted by molar-refractivity contribution is 5.51. The normalized spacial score (nSPS) is 10.7. The first-order valence-corrected chi connectivity index (χ1v) is 7.08. The van der Waals surface area contributed by atoms with E-state index < -0.39 is 0 Å². The van der Waals surface area contributed by atoms with Crippen LogP contribution in [-0.2, 0) is 13.1 Å². The van der Waals surface area contributed by atoms with Gasteiger partial charge in [-0.3, -0.25) is 0 Å². The summed E-state index contributed by atoms with van der Waals surface area (Å²) < 4.78 is 13.3. The second-order valence-corrected chi connectivity index (χ2v) is 5.40. The van der Waals surface area contributed by atoms with Crippen molar-refractivity contribution >= 4 is 5.82 Å². The molecule has 0 aliphatic rings. The lowest BCUT2D eigenvalue weighted by Crippen LogP contribution is -2.22. The number of nitrogens with zero attached hydrogens (tertiary/aromatic N) is 2. The van der Waals surface area contributed by atoms with Gasteiger partial charge in [-0.05, 0) is 50.2 Å². The predicted octanol–water partition coefficient (Wildman–Crippen LogP) is 3.19. The number of nitrogens with one attached hydrogen (secondary N) is 1. The molecule has 112 valence electrons. The first kappa shape index (κ1) is 15.4. The molecule has 0 unspecified atom stereocenters. The Balaban J connectivity index is 2.31. The Labute approximate surface area is 125 Å². The first-order chi connectivity index (χ1) is 10.0. The lowest BCUT2D eigenvalue weighted by atomic mass is 10.1. The molecule has 0 saturated heterocycles. The summed E-state index contributed by atoms with van der Waals surface area (Å²) in [5.41, 5.74) is 4.34. The van der Waals surface area contributed by atoms with Gasteiger partial charge in [-0.2, -0.15) is 0 Å². The van der Waals surface area contributed by atoms with Crippen molar-refractivity contribution in [3.63, 3.8) is 0 Å². The molecule has 0 fully saturated rings. The van der Waals surface area contributed by atoms with E-state index in [2.05, 4.69) is 28.2 Å². The number of aromatic nitrogens is 1.